The molecule has 0 aliphatic carbocycles. The van der Waals surface area contributed by atoms with E-state index in [9.17, 15) is 4.39 Å². The van der Waals surface area contributed by atoms with Gasteiger partial charge in [0, 0.05) is 63.4 Å². The van der Waals surface area contributed by atoms with E-state index in [2.05, 4.69) is 20.1 Å². The van der Waals surface area contributed by atoms with Crippen LogP contribution in [0.1, 0.15) is 24.9 Å². The topological polar surface area (TPSA) is 49.3 Å². The number of hydrogen-bond acceptors (Lipinski definition) is 4. The van der Waals surface area contributed by atoms with Gasteiger partial charge in [0.15, 0.2) is 5.96 Å². The van der Waals surface area contributed by atoms with Gasteiger partial charge in [0.05, 0.1) is 25.4 Å². The number of nitrogens with one attached hydrogen (secondary N) is 1. The number of rotatable bonds is 6. The summed E-state index contributed by atoms with van der Waals surface area (Å²) in [6.07, 6.45) is 1.17. The molecule has 0 aromatic heterocycles. The van der Waals surface area contributed by atoms with Crippen LogP contribution in [0.3, 0.4) is 0 Å². The molecule has 9 heteroatoms. The molecule has 2 fully saturated rings. The van der Waals surface area contributed by atoms with Crippen LogP contribution in [-0.2, 0) is 9.47 Å². The van der Waals surface area contributed by atoms with Gasteiger partial charge in [0.2, 0.25) is 0 Å². The lowest BCUT2D eigenvalue weighted by molar-refractivity contribution is -0.0344. The zero-order valence-electron chi connectivity index (χ0n) is 17.9. The third-order valence-electron chi connectivity index (χ3n) is 5.63. The van der Waals surface area contributed by atoms with E-state index >= 15 is 0 Å². The number of hydrogen-bond donors (Lipinski definition) is 1. The van der Waals surface area contributed by atoms with Gasteiger partial charge in [-0.25, -0.2) is 4.39 Å². The predicted molar refractivity (Wildman–Crippen MR) is 129 cm³/mol. The van der Waals surface area contributed by atoms with Crippen LogP contribution in [0.15, 0.2) is 23.2 Å². The second kappa shape index (κ2) is 12.4. The molecular formula is C21H33ClFIN4O2. The molecule has 1 aromatic rings. The van der Waals surface area contributed by atoms with Gasteiger partial charge in [-0.05, 0) is 25.5 Å². The van der Waals surface area contributed by atoms with Crippen molar-refractivity contribution in [1.82, 2.24) is 15.1 Å². The monoisotopic (exact) mass is 554 g/mol. The molecule has 0 spiro atoms. The van der Waals surface area contributed by atoms with Crippen molar-refractivity contribution in [3.8, 4) is 0 Å². The first-order valence-electron chi connectivity index (χ1n) is 10.3. The number of benzene rings is 1. The molecule has 170 valence electrons. The van der Waals surface area contributed by atoms with Crippen molar-refractivity contribution in [3.05, 3.63) is 34.6 Å². The smallest absolute Gasteiger partial charge is 0.193 e. The van der Waals surface area contributed by atoms with Gasteiger partial charge in [-0.3, -0.25) is 9.89 Å². The summed E-state index contributed by atoms with van der Waals surface area (Å²) in [5, 5.41) is 3.88. The largest absolute Gasteiger partial charge is 0.381 e. The van der Waals surface area contributed by atoms with Gasteiger partial charge in [-0.1, -0.05) is 17.7 Å². The van der Waals surface area contributed by atoms with E-state index < -0.39 is 0 Å². The van der Waals surface area contributed by atoms with Crippen LogP contribution in [-0.4, -0.2) is 82.0 Å². The van der Waals surface area contributed by atoms with Crippen molar-refractivity contribution in [2.24, 2.45) is 10.9 Å². The van der Waals surface area contributed by atoms with Crippen LogP contribution in [0, 0.1) is 11.7 Å². The van der Waals surface area contributed by atoms with Crippen LogP contribution in [0.2, 0.25) is 5.02 Å². The Labute approximate surface area is 201 Å². The lowest BCUT2D eigenvalue weighted by Crippen LogP contribution is -2.49. The molecule has 1 aromatic carbocycles. The van der Waals surface area contributed by atoms with E-state index in [1.165, 1.54) is 6.07 Å². The minimum atomic E-state index is -0.283. The second-order valence-corrected chi connectivity index (χ2v) is 8.27. The molecule has 30 heavy (non-hydrogen) atoms. The Balaban J connectivity index is 0.00000320. The zero-order valence-corrected chi connectivity index (χ0v) is 21.0. The Kier molecular flexibility index (Phi) is 10.6. The third kappa shape index (κ3) is 6.66. The number of halogens is 3. The average Bonchev–Trinajstić information content (AvgIpc) is 3.19. The Morgan fingerprint density at radius 1 is 1.43 bits per heavy atom. The van der Waals surface area contributed by atoms with Gasteiger partial charge in [0.1, 0.15) is 5.82 Å². The maximum absolute atomic E-state index is 14.8. The zero-order chi connectivity index (χ0) is 20.8. The highest BCUT2D eigenvalue weighted by Gasteiger charge is 2.30. The summed E-state index contributed by atoms with van der Waals surface area (Å²) in [4.78, 5) is 8.77. The Hall–Kier alpha value is -0.680. The first-order chi connectivity index (χ1) is 14.0. The first kappa shape index (κ1) is 25.6. The van der Waals surface area contributed by atoms with E-state index in [0.717, 1.165) is 45.2 Å². The van der Waals surface area contributed by atoms with Crippen LogP contribution >= 0.6 is 35.6 Å². The minimum Gasteiger partial charge on any atom is -0.381 e. The average molecular weight is 555 g/mol. The molecule has 2 saturated heterocycles. The summed E-state index contributed by atoms with van der Waals surface area (Å²) in [5.41, 5.74) is 0.526. The summed E-state index contributed by atoms with van der Waals surface area (Å²) < 4.78 is 25.9. The molecule has 0 radical (unpaired) electrons. The van der Waals surface area contributed by atoms with Gasteiger partial charge in [-0.15, -0.1) is 24.0 Å². The van der Waals surface area contributed by atoms with E-state index in [1.807, 2.05) is 14.0 Å². The summed E-state index contributed by atoms with van der Waals surface area (Å²) in [7, 11) is 3.79. The fraction of sp³-hybridized carbons (Fsp3) is 0.667. The minimum absolute atomic E-state index is 0. The number of morpholine rings is 1. The fourth-order valence-corrected chi connectivity index (χ4v) is 4.43. The van der Waals surface area contributed by atoms with E-state index in [0.29, 0.717) is 29.7 Å². The molecule has 6 nitrogen and oxygen atoms in total. The SMILES string of the molecule is CN=C(NCC(c1c(F)cccc1Cl)N1CCOC(C)C1)N(C)CC1CCOC1.I. The lowest BCUT2D eigenvalue weighted by Gasteiger charge is -2.38. The highest BCUT2D eigenvalue weighted by molar-refractivity contribution is 14.0. The molecule has 3 rings (SSSR count). The molecule has 2 aliphatic rings. The fourth-order valence-electron chi connectivity index (χ4n) is 4.15. The highest BCUT2D eigenvalue weighted by atomic mass is 127. The van der Waals surface area contributed by atoms with Crippen LogP contribution in [0.4, 0.5) is 4.39 Å². The van der Waals surface area contributed by atoms with Gasteiger partial charge < -0.3 is 19.7 Å². The van der Waals surface area contributed by atoms with Crippen molar-refractivity contribution in [1.29, 1.82) is 0 Å². The number of aliphatic imine (C=N–C) groups is 1. The van der Waals surface area contributed by atoms with E-state index in [1.54, 1.807) is 19.2 Å². The molecule has 1 N–H and O–H groups in total. The van der Waals surface area contributed by atoms with Crippen molar-refractivity contribution >= 4 is 41.5 Å². The van der Waals surface area contributed by atoms with Gasteiger partial charge in [-0.2, -0.15) is 0 Å². The number of ether oxygens (including phenoxy) is 2. The standard InChI is InChI=1S/C21H32ClFN4O2.HI/c1-15-12-27(8-10-29-15)19(20-17(22)5-4-6-18(20)23)11-25-21(24-2)26(3)13-16-7-9-28-14-16;/h4-6,15-16,19H,7-14H2,1-3H3,(H,24,25);1H. The Morgan fingerprint density at radius 3 is 2.87 bits per heavy atom. The van der Waals surface area contributed by atoms with Crippen molar-refractivity contribution in [3.63, 3.8) is 0 Å². The molecule has 2 heterocycles. The summed E-state index contributed by atoms with van der Waals surface area (Å²) in [5.74, 6) is 1.01. The van der Waals surface area contributed by atoms with Crippen LogP contribution in [0.5, 0.6) is 0 Å². The first-order valence-corrected chi connectivity index (χ1v) is 10.7. The molecule has 3 unspecified atom stereocenters. The lowest BCUT2D eigenvalue weighted by atomic mass is 10.0. The normalized spacial score (nSPS) is 23.7. The third-order valence-corrected chi connectivity index (χ3v) is 5.96. The van der Waals surface area contributed by atoms with E-state index in [4.69, 9.17) is 21.1 Å². The quantitative estimate of drug-likeness (QED) is 0.332. The molecule has 2 aliphatic heterocycles. The maximum Gasteiger partial charge on any atom is 0.193 e. The molecular weight excluding hydrogens is 522 g/mol. The predicted octanol–water partition coefficient (Wildman–Crippen LogP) is 3.40. The molecule has 0 amide bonds. The van der Waals surface area contributed by atoms with Crippen LogP contribution in [0.25, 0.3) is 0 Å². The maximum atomic E-state index is 14.8. The van der Waals surface area contributed by atoms with Crippen molar-refractivity contribution < 1.29 is 13.9 Å². The molecule has 3 atom stereocenters. The number of nitrogens with zero attached hydrogens (tertiary/aromatic N) is 3. The summed E-state index contributed by atoms with van der Waals surface area (Å²) in [6.45, 7) is 7.12. The molecule has 0 bridgehead atoms. The number of guanidine groups is 1. The van der Waals surface area contributed by atoms with Gasteiger partial charge in [0.25, 0.3) is 0 Å². The van der Waals surface area contributed by atoms with Gasteiger partial charge >= 0.3 is 0 Å². The van der Waals surface area contributed by atoms with Crippen molar-refractivity contribution in [2.75, 3.05) is 60.1 Å². The second-order valence-electron chi connectivity index (χ2n) is 7.87. The van der Waals surface area contributed by atoms with Crippen LogP contribution < -0.4 is 5.32 Å². The Bertz CT molecular complexity index is 685. The highest BCUT2D eigenvalue weighted by Crippen LogP contribution is 2.31. The van der Waals surface area contributed by atoms with E-state index in [-0.39, 0.29) is 41.9 Å². The molecule has 0 saturated carbocycles. The Morgan fingerprint density at radius 2 is 2.23 bits per heavy atom. The van der Waals surface area contributed by atoms with Crippen molar-refractivity contribution in [2.45, 2.75) is 25.5 Å². The summed E-state index contributed by atoms with van der Waals surface area (Å²) in [6, 6.07) is 4.65. The summed E-state index contributed by atoms with van der Waals surface area (Å²) >= 11 is 6.42.